The first-order valence-corrected chi connectivity index (χ1v) is 16.5. The van der Waals surface area contributed by atoms with Gasteiger partial charge in [-0.2, -0.15) is 0 Å². The molecule has 0 spiro atoms. The number of hydrogen-bond donors (Lipinski definition) is 2. The minimum atomic E-state index is -1.35. The fourth-order valence-electron chi connectivity index (χ4n) is 6.61. The van der Waals surface area contributed by atoms with Crippen LogP contribution in [0.3, 0.4) is 0 Å². The van der Waals surface area contributed by atoms with Crippen molar-refractivity contribution in [1.29, 1.82) is 0 Å². The first-order chi connectivity index (χ1) is 18.5. The van der Waals surface area contributed by atoms with E-state index in [2.05, 4.69) is 66.2 Å². The van der Waals surface area contributed by atoms with Gasteiger partial charge < -0.3 is 10.0 Å². The smallest absolute Gasteiger partial charge is 0.423 e. The summed E-state index contributed by atoms with van der Waals surface area (Å²) in [5.41, 5.74) is 3.49. The van der Waals surface area contributed by atoms with Crippen molar-refractivity contribution in [3.8, 4) is 0 Å². The van der Waals surface area contributed by atoms with Crippen molar-refractivity contribution < 1.29 is 10.0 Å². The molecule has 2 aromatic carbocycles. The second-order valence-corrected chi connectivity index (χ2v) is 12.9. The van der Waals surface area contributed by atoms with Crippen LogP contribution in [-0.4, -0.2) is 17.2 Å². The summed E-state index contributed by atoms with van der Waals surface area (Å²) in [6.07, 6.45) is 22.2. The van der Waals surface area contributed by atoms with E-state index in [0.29, 0.717) is 11.4 Å². The van der Waals surface area contributed by atoms with Crippen LogP contribution in [0.1, 0.15) is 140 Å². The second kappa shape index (κ2) is 17.6. The lowest BCUT2D eigenvalue weighted by molar-refractivity contribution is 0.303. The minimum Gasteiger partial charge on any atom is -0.423 e. The van der Waals surface area contributed by atoms with Crippen molar-refractivity contribution >= 4 is 28.5 Å². The molecule has 0 atom stereocenters. The third-order valence-electron chi connectivity index (χ3n) is 9.17. The minimum absolute atomic E-state index is 0.585. The first-order valence-electron chi connectivity index (χ1n) is 15.7. The summed E-state index contributed by atoms with van der Waals surface area (Å²) in [5, 5.41) is 18.2. The summed E-state index contributed by atoms with van der Waals surface area (Å²) in [4.78, 5) is 0. The number of hydrogen-bond acceptors (Lipinski definition) is 2. The molecular weight excluding hydrogens is 531 g/mol. The van der Waals surface area contributed by atoms with Gasteiger partial charge in [0, 0.05) is 4.47 Å². The molecule has 0 unspecified atom stereocenters. The van der Waals surface area contributed by atoms with E-state index in [0.717, 1.165) is 17.8 Å². The van der Waals surface area contributed by atoms with E-state index in [4.69, 9.17) is 10.0 Å². The molecule has 38 heavy (non-hydrogen) atoms. The van der Waals surface area contributed by atoms with Gasteiger partial charge in [-0.15, -0.1) is 0 Å². The van der Waals surface area contributed by atoms with E-state index in [1.54, 1.807) is 5.56 Å². The largest absolute Gasteiger partial charge is 0.488 e. The van der Waals surface area contributed by atoms with Gasteiger partial charge in [-0.05, 0) is 104 Å². The maximum absolute atomic E-state index is 9.12. The molecule has 0 radical (unpaired) electrons. The molecule has 4 heteroatoms. The highest BCUT2D eigenvalue weighted by molar-refractivity contribution is 9.10. The van der Waals surface area contributed by atoms with E-state index in [9.17, 15) is 0 Å². The fourth-order valence-corrected chi connectivity index (χ4v) is 6.87. The Kier molecular flexibility index (Phi) is 14.5. The summed E-state index contributed by atoms with van der Waals surface area (Å²) < 4.78 is 1.19. The highest BCUT2D eigenvalue weighted by Crippen LogP contribution is 2.38. The van der Waals surface area contributed by atoms with Crippen LogP contribution in [0.2, 0.25) is 0 Å². The molecule has 2 N–H and O–H groups in total. The number of halogens is 1. The molecule has 0 heterocycles. The zero-order valence-electron chi connectivity index (χ0n) is 24.1. The monoisotopic (exact) mass is 582 g/mol. The molecule has 2 aromatic rings. The van der Waals surface area contributed by atoms with Crippen LogP contribution in [0.5, 0.6) is 0 Å². The lowest BCUT2D eigenvalue weighted by atomic mass is 9.75. The Hall–Kier alpha value is -1.10. The van der Waals surface area contributed by atoms with Gasteiger partial charge in [-0.3, -0.25) is 0 Å². The van der Waals surface area contributed by atoms with Gasteiger partial charge in [-0.1, -0.05) is 118 Å². The molecule has 4 rings (SSSR count). The first kappa shape index (κ1) is 31.4. The third-order valence-corrected chi connectivity index (χ3v) is 9.70. The van der Waals surface area contributed by atoms with Crippen LogP contribution < -0.4 is 5.46 Å². The Balaban J connectivity index is 0.000000212. The van der Waals surface area contributed by atoms with Crippen LogP contribution in [0.25, 0.3) is 0 Å². The maximum Gasteiger partial charge on any atom is 0.488 e. The molecular formula is C34H52BBrO2. The zero-order chi connectivity index (χ0) is 27.2. The summed E-state index contributed by atoms with van der Waals surface area (Å²) >= 11 is 3.51. The van der Waals surface area contributed by atoms with Crippen molar-refractivity contribution in [1.82, 2.24) is 0 Å². The van der Waals surface area contributed by atoms with Gasteiger partial charge in [-0.25, -0.2) is 0 Å². The quantitative estimate of drug-likeness (QED) is 0.204. The normalized spacial score (nSPS) is 23.4. The molecule has 210 valence electrons. The molecule has 2 saturated carbocycles. The van der Waals surface area contributed by atoms with Crippen molar-refractivity contribution in [2.75, 3.05) is 0 Å². The summed E-state index contributed by atoms with van der Waals surface area (Å²) in [5.74, 6) is 3.45. The lowest BCUT2D eigenvalue weighted by Crippen LogP contribution is -2.29. The zero-order valence-corrected chi connectivity index (χ0v) is 25.7. The van der Waals surface area contributed by atoms with Gasteiger partial charge >= 0.3 is 7.12 Å². The van der Waals surface area contributed by atoms with Crippen LogP contribution in [0.15, 0.2) is 53.0 Å². The van der Waals surface area contributed by atoms with E-state index in [1.807, 2.05) is 12.1 Å². The fraction of sp³-hybridized carbons (Fsp3) is 0.647. The standard InChI is InChI=1S/C17H27BO2.C17H25Br/c1-2-3-4-5-14-6-8-15(9-7-14)16-10-12-17(13-11-16)18(19)20;1-2-3-4-5-14-6-8-15(9-7-14)16-10-12-17(18)13-11-16/h10-15,19-20H,2-9H2,1H3;10-15H,2-9H2,1H3. The Morgan fingerprint density at radius 3 is 1.37 bits per heavy atom. The van der Waals surface area contributed by atoms with E-state index in [-0.39, 0.29) is 0 Å². The van der Waals surface area contributed by atoms with Crippen molar-refractivity contribution in [2.45, 2.75) is 128 Å². The van der Waals surface area contributed by atoms with E-state index in [1.165, 1.54) is 113 Å². The molecule has 2 fully saturated rings. The van der Waals surface area contributed by atoms with E-state index >= 15 is 0 Å². The van der Waals surface area contributed by atoms with E-state index < -0.39 is 7.12 Å². The summed E-state index contributed by atoms with van der Waals surface area (Å²) in [6.45, 7) is 4.56. The second-order valence-electron chi connectivity index (χ2n) is 12.0. The summed E-state index contributed by atoms with van der Waals surface area (Å²) in [7, 11) is -1.35. The SMILES string of the molecule is CCCCCC1CCC(c2ccc(B(O)O)cc2)CC1.CCCCCC1CCC(c2ccc(Br)cc2)CC1. The van der Waals surface area contributed by atoms with Gasteiger partial charge in [0.2, 0.25) is 0 Å². The summed E-state index contributed by atoms with van der Waals surface area (Å²) in [6, 6.07) is 16.8. The van der Waals surface area contributed by atoms with Crippen LogP contribution in [0.4, 0.5) is 0 Å². The van der Waals surface area contributed by atoms with Crippen LogP contribution >= 0.6 is 15.9 Å². The predicted octanol–water partition coefficient (Wildman–Crippen LogP) is 9.52. The Morgan fingerprint density at radius 2 is 1.00 bits per heavy atom. The van der Waals surface area contributed by atoms with Crippen molar-refractivity contribution in [2.24, 2.45) is 11.8 Å². The highest BCUT2D eigenvalue weighted by atomic mass is 79.9. The van der Waals surface area contributed by atoms with Crippen LogP contribution in [-0.2, 0) is 0 Å². The molecule has 0 saturated heterocycles. The topological polar surface area (TPSA) is 40.5 Å². The van der Waals surface area contributed by atoms with Gasteiger partial charge in [0.25, 0.3) is 0 Å². The van der Waals surface area contributed by atoms with Crippen LogP contribution in [0, 0.1) is 11.8 Å². The van der Waals surface area contributed by atoms with Gasteiger partial charge in [0.1, 0.15) is 0 Å². The maximum atomic E-state index is 9.12. The Bertz CT molecular complexity index is 866. The molecule has 2 aliphatic rings. The number of unbranched alkanes of at least 4 members (excludes halogenated alkanes) is 4. The Morgan fingerprint density at radius 1 is 0.605 bits per heavy atom. The Labute approximate surface area is 242 Å². The lowest BCUT2D eigenvalue weighted by Gasteiger charge is -2.29. The average molecular weight is 584 g/mol. The molecule has 0 amide bonds. The number of rotatable bonds is 11. The van der Waals surface area contributed by atoms with Crippen molar-refractivity contribution in [3.05, 3.63) is 64.1 Å². The van der Waals surface area contributed by atoms with Crippen molar-refractivity contribution in [3.63, 3.8) is 0 Å². The van der Waals surface area contributed by atoms with Gasteiger partial charge in [0.15, 0.2) is 0 Å². The molecule has 0 aromatic heterocycles. The predicted molar refractivity (Wildman–Crippen MR) is 168 cm³/mol. The number of benzene rings is 2. The third kappa shape index (κ3) is 10.8. The highest BCUT2D eigenvalue weighted by Gasteiger charge is 2.23. The van der Waals surface area contributed by atoms with Gasteiger partial charge in [0.05, 0.1) is 0 Å². The molecule has 2 aliphatic carbocycles. The molecule has 0 aliphatic heterocycles. The molecule has 2 nitrogen and oxygen atoms in total. The molecule has 0 bridgehead atoms. The average Bonchev–Trinajstić information content (AvgIpc) is 2.95.